The summed E-state index contributed by atoms with van der Waals surface area (Å²) in [6, 6.07) is 0. The summed E-state index contributed by atoms with van der Waals surface area (Å²) in [6.07, 6.45) is 16.2. The van der Waals surface area contributed by atoms with Crippen molar-refractivity contribution in [2.45, 2.75) is 105 Å². The van der Waals surface area contributed by atoms with Crippen molar-refractivity contribution in [2.24, 2.45) is 52.3 Å². The second-order valence-electron chi connectivity index (χ2n) is 11.8. The largest absolute Gasteiger partial charge is 0.481 e. The summed E-state index contributed by atoms with van der Waals surface area (Å²) in [5.74, 6) is 4.40. The first-order chi connectivity index (χ1) is 13.3. The maximum Gasteiger partial charge on any atom is 0.306 e. The molecular formula is C26H44O2. The van der Waals surface area contributed by atoms with Gasteiger partial charge in [-0.05, 0) is 111 Å². The molecule has 4 rings (SSSR count). The van der Waals surface area contributed by atoms with E-state index in [1.165, 1.54) is 64.2 Å². The molecule has 0 aromatic heterocycles. The van der Waals surface area contributed by atoms with Gasteiger partial charge in [-0.3, -0.25) is 4.79 Å². The molecule has 0 heterocycles. The third kappa shape index (κ3) is 3.16. The molecule has 0 spiro atoms. The van der Waals surface area contributed by atoms with Gasteiger partial charge in [0.2, 0.25) is 0 Å². The third-order valence-electron chi connectivity index (χ3n) is 10.8. The number of hydrogen-bond donors (Lipinski definition) is 1. The second-order valence-corrected chi connectivity index (χ2v) is 11.8. The first-order valence-electron chi connectivity index (χ1n) is 12.5. The smallest absolute Gasteiger partial charge is 0.306 e. The highest BCUT2D eigenvalue weighted by atomic mass is 16.4. The van der Waals surface area contributed by atoms with Gasteiger partial charge in [-0.15, -0.1) is 0 Å². The van der Waals surface area contributed by atoms with Crippen molar-refractivity contribution in [1.82, 2.24) is 0 Å². The van der Waals surface area contributed by atoms with Gasteiger partial charge in [0.25, 0.3) is 0 Å². The molecule has 0 amide bonds. The molecule has 9 atom stereocenters. The van der Waals surface area contributed by atoms with Gasteiger partial charge in [0.1, 0.15) is 0 Å². The molecule has 2 nitrogen and oxygen atoms in total. The highest BCUT2D eigenvalue weighted by molar-refractivity contribution is 5.69. The Kier molecular flexibility index (Phi) is 5.64. The number of carboxylic acids is 1. The van der Waals surface area contributed by atoms with Crippen molar-refractivity contribution in [3.8, 4) is 0 Å². The Bertz CT molecular complexity index is 585. The fourth-order valence-corrected chi connectivity index (χ4v) is 9.33. The van der Waals surface area contributed by atoms with Crippen LogP contribution in [0.4, 0.5) is 0 Å². The van der Waals surface area contributed by atoms with Crippen LogP contribution in [-0.4, -0.2) is 11.1 Å². The average molecular weight is 389 g/mol. The van der Waals surface area contributed by atoms with E-state index < -0.39 is 5.97 Å². The molecule has 2 heteroatoms. The van der Waals surface area contributed by atoms with E-state index in [0.717, 1.165) is 42.4 Å². The molecule has 0 aliphatic heterocycles. The fourth-order valence-electron chi connectivity index (χ4n) is 9.33. The highest BCUT2D eigenvalue weighted by Crippen LogP contribution is 2.68. The molecule has 1 N–H and O–H groups in total. The van der Waals surface area contributed by atoms with Crippen LogP contribution in [0.2, 0.25) is 0 Å². The van der Waals surface area contributed by atoms with Crippen LogP contribution in [0.3, 0.4) is 0 Å². The van der Waals surface area contributed by atoms with Crippen LogP contribution in [0.15, 0.2) is 0 Å². The first-order valence-corrected chi connectivity index (χ1v) is 12.5. The summed E-state index contributed by atoms with van der Waals surface area (Å²) in [7, 11) is 0. The Morgan fingerprint density at radius 1 is 0.964 bits per heavy atom. The molecule has 0 radical (unpaired) electrons. The molecule has 160 valence electrons. The number of hydrogen-bond acceptors (Lipinski definition) is 1. The quantitative estimate of drug-likeness (QED) is 0.542. The Balaban J connectivity index is 1.51. The SMILES string of the molecule is CCC(CC(C)[C@H]1CC[C@H]2[C@@H]3CCC4CCCC[C@]4(C)[C@H]3CC[C@]12C)C(=O)O. The predicted molar refractivity (Wildman–Crippen MR) is 115 cm³/mol. The molecule has 0 aromatic carbocycles. The lowest BCUT2D eigenvalue weighted by atomic mass is 9.44. The second kappa shape index (κ2) is 7.62. The number of rotatable bonds is 5. The van der Waals surface area contributed by atoms with Crippen LogP contribution < -0.4 is 0 Å². The number of carboxylic acid groups (broad SMARTS) is 1. The van der Waals surface area contributed by atoms with Gasteiger partial charge in [0, 0.05) is 0 Å². The standard InChI is InChI=1S/C26H44O2/c1-5-18(24(27)28)16-17(2)21-11-12-22-20-10-9-19-8-6-7-14-25(19,3)23(20)13-15-26(21,22)4/h17-23H,5-16H2,1-4H3,(H,27,28)/t17?,18?,19?,20-,21+,22-,23-,25-,26+/m0/s1. The summed E-state index contributed by atoms with van der Waals surface area (Å²) < 4.78 is 0. The Morgan fingerprint density at radius 3 is 2.43 bits per heavy atom. The van der Waals surface area contributed by atoms with Gasteiger partial charge in [-0.25, -0.2) is 0 Å². The van der Waals surface area contributed by atoms with Crippen LogP contribution in [0.1, 0.15) is 105 Å². The van der Waals surface area contributed by atoms with Gasteiger partial charge in [0.05, 0.1) is 5.92 Å². The lowest BCUT2D eigenvalue weighted by Gasteiger charge is -2.61. The van der Waals surface area contributed by atoms with E-state index in [2.05, 4.69) is 20.8 Å². The van der Waals surface area contributed by atoms with E-state index in [9.17, 15) is 9.90 Å². The van der Waals surface area contributed by atoms with Crippen LogP contribution >= 0.6 is 0 Å². The van der Waals surface area contributed by atoms with Crippen molar-refractivity contribution in [2.75, 3.05) is 0 Å². The zero-order chi connectivity index (χ0) is 20.1. The van der Waals surface area contributed by atoms with E-state index in [1.54, 1.807) is 0 Å². The zero-order valence-corrected chi connectivity index (χ0v) is 18.9. The maximum atomic E-state index is 11.6. The Labute approximate surface area is 173 Å². The van der Waals surface area contributed by atoms with Crippen LogP contribution in [-0.2, 0) is 4.79 Å². The molecule has 4 fully saturated rings. The number of fused-ring (bicyclic) bond motifs is 5. The lowest BCUT2D eigenvalue weighted by Crippen LogP contribution is -2.53. The summed E-state index contributed by atoms with van der Waals surface area (Å²) in [5.41, 5.74) is 1.10. The molecule has 0 bridgehead atoms. The normalized spacial score (nSPS) is 47.5. The third-order valence-corrected chi connectivity index (χ3v) is 10.8. The molecule has 0 saturated heterocycles. The van der Waals surface area contributed by atoms with Gasteiger partial charge < -0.3 is 5.11 Å². The van der Waals surface area contributed by atoms with Crippen LogP contribution in [0.5, 0.6) is 0 Å². The van der Waals surface area contributed by atoms with E-state index in [0.29, 0.717) is 16.7 Å². The average Bonchev–Trinajstić information content (AvgIpc) is 3.02. The summed E-state index contributed by atoms with van der Waals surface area (Å²) in [4.78, 5) is 11.6. The number of aliphatic carboxylic acids is 1. The van der Waals surface area contributed by atoms with Crippen LogP contribution in [0, 0.1) is 52.3 Å². The maximum absolute atomic E-state index is 11.6. The Morgan fingerprint density at radius 2 is 1.71 bits per heavy atom. The molecule has 28 heavy (non-hydrogen) atoms. The van der Waals surface area contributed by atoms with Crippen LogP contribution in [0.25, 0.3) is 0 Å². The lowest BCUT2D eigenvalue weighted by molar-refractivity contribution is -0.143. The minimum absolute atomic E-state index is 0.148. The monoisotopic (exact) mass is 388 g/mol. The molecular weight excluding hydrogens is 344 g/mol. The van der Waals surface area contributed by atoms with Crippen molar-refractivity contribution in [1.29, 1.82) is 0 Å². The van der Waals surface area contributed by atoms with Gasteiger partial charge in [-0.2, -0.15) is 0 Å². The fraction of sp³-hybridized carbons (Fsp3) is 0.962. The topological polar surface area (TPSA) is 37.3 Å². The predicted octanol–water partition coefficient (Wildman–Crippen LogP) is 7.17. The number of carbonyl (C=O) groups is 1. The van der Waals surface area contributed by atoms with Crippen molar-refractivity contribution < 1.29 is 9.90 Å². The zero-order valence-electron chi connectivity index (χ0n) is 18.9. The molecule has 4 aliphatic rings. The summed E-state index contributed by atoms with van der Waals surface area (Å²) in [5, 5.41) is 9.55. The Hall–Kier alpha value is -0.530. The first kappa shape index (κ1) is 20.7. The van der Waals surface area contributed by atoms with E-state index in [1.807, 2.05) is 6.92 Å². The van der Waals surface area contributed by atoms with E-state index in [-0.39, 0.29) is 5.92 Å². The van der Waals surface area contributed by atoms with Gasteiger partial charge >= 0.3 is 5.97 Å². The van der Waals surface area contributed by atoms with Crippen molar-refractivity contribution in [3.63, 3.8) is 0 Å². The molecule has 4 saturated carbocycles. The summed E-state index contributed by atoms with van der Waals surface area (Å²) >= 11 is 0. The van der Waals surface area contributed by atoms with Gasteiger partial charge in [0.15, 0.2) is 0 Å². The molecule has 4 aliphatic carbocycles. The minimum Gasteiger partial charge on any atom is -0.481 e. The van der Waals surface area contributed by atoms with Crippen molar-refractivity contribution in [3.05, 3.63) is 0 Å². The van der Waals surface area contributed by atoms with E-state index in [4.69, 9.17) is 0 Å². The van der Waals surface area contributed by atoms with Crippen molar-refractivity contribution >= 4 is 5.97 Å². The highest BCUT2D eigenvalue weighted by Gasteiger charge is 2.60. The molecule has 0 aromatic rings. The van der Waals surface area contributed by atoms with E-state index >= 15 is 0 Å². The van der Waals surface area contributed by atoms with Gasteiger partial charge in [-0.1, -0.05) is 40.5 Å². The molecule has 3 unspecified atom stereocenters. The summed E-state index contributed by atoms with van der Waals surface area (Å²) in [6.45, 7) is 9.69. The minimum atomic E-state index is -0.582.